The van der Waals surface area contributed by atoms with Gasteiger partial charge in [-0.3, -0.25) is 0 Å². The lowest BCUT2D eigenvalue weighted by Gasteiger charge is -2.37. The Hall–Kier alpha value is -0.0800. The van der Waals surface area contributed by atoms with Gasteiger partial charge in [0.25, 0.3) is 0 Å². The van der Waals surface area contributed by atoms with Gasteiger partial charge in [-0.2, -0.15) is 0 Å². The molecule has 10 heavy (non-hydrogen) atoms. The first-order valence-corrected chi connectivity index (χ1v) is 4.03. The van der Waals surface area contributed by atoms with E-state index in [0.29, 0.717) is 18.2 Å². The summed E-state index contributed by atoms with van der Waals surface area (Å²) in [5.74, 6) is 0. The van der Waals surface area contributed by atoms with Gasteiger partial charge in [0.05, 0.1) is 6.10 Å². The van der Waals surface area contributed by atoms with Gasteiger partial charge in [-0.05, 0) is 12.8 Å². The molecule has 1 aliphatic carbocycles. The van der Waals surface area contributed by atoms with Crippen LogP contribution in [0.15, 0.2) is 0 Å². The van der Waals surface area contributed by atoms with Gasteiger partial charge in [0.2, 0.25) is 0 Å². The van der Waals surface area contributed by atoms with E-state index in [4.69, 9.17) is 4.74 Å². The van der Waals surface area contributed by atoms with E-state index in [1.165, 1.54) is 12.8 Å². The van der Waals surface area contributed by atoms with Crippen molar-refractivity contribution in [1.82, 2.24) is 5.32 Å². The predicted octanol–water partition coefficient (Wildman–Crippen LogP) is 1.16. The Labute approximate surface area is 63.0 Å². The SMILES string of the molecule is CO[C@H]1CC[C@@H]1NC(C)C. The molecule has 1 rings (SSSR count). The van der Waals surface area contributed by atoms with Gasteiger partial charge in [0.15, 0.2) is 0 Å². The second-order valence-electron chi connectivity index (χ2n) is 3.28. The van der Waals surface area contributed by atoms with Crippen LogP contribution in [0.1, 0.15) is 26.7 Å². The van der Waals surface area contributed by atoms with Crippen molar-refractivity contribution in [2.75, 3.05) is 7.11 Å². The average molecular weight is 143 g/mol. The molecule has 0 aromatic carbocycles. The minimum atomic E-state index is 0.474. The number of hydrogen-bond acceptors (Lipinski definition) is 2. The number of rotatable bonds is 3. The predicted molar refractivity (Wildman–Crippen MR) is 42.1 cm³/mol. The molecule has 0 saturated heterocycles. The second kappa shape index (κ2) is 3.35. The fraction of sp³-hybridized carbons (Fsp3) is 1.00. The van der Waals surface area contributed by atoms with Crippen LogP contribution in [-0.4, -0.2) is 25.3 Å². The quantitative estimate of drug-likeness (QED) is 0.640. The molecule has 1 aliphatic rings. The van der Waals surface area contributed by atoms with Crippen molar-refractivity contribution in [1.29, 1.82) is 0 Å². The summed E-state index contributed by atoms with van der Waals surface area (Å²) in [7, 11) is 1.79. The fourth-order valence-electron chi connectivity index (χ4n) is 1.37. The summed E-state index contributed by atoms with van der Waals surface area (Å²) in [5.41, 5.74) is 0. The van der Waals surface area contributed by atoms with Crippen LogP contribution in [0, 0.1) is 0 Å². The van der Waals surface area contributed by atoms with Crippen LogP contribution in [0.25, 0.3) is 0 Å². The Morgan fingerprint density at radius 2 is 2.10 bits per heavy atom. The average Bonchev–Trinajstić information content (AvgIpc) is 1.82. The van der Waals surface area contributed by atoms with E-state index in [0.717, 1.165) is 0 Å². The van der Waals surface area contributed by atoms with Gasteiger partial charge in [0, 0.05) is 19.2 Å². The van der Waals surface area contributed by atoms with E-state index in [2.05, 4.69) is 19.2 Å². The van der Waals surface area contributed by atoms with E-state index < -0.39 is 0 Å². The van der Waals surface area contributed by atoms with Gasteiger partial charge in [0.1, 0.15) is 0 Å². The van der Waals surface area contributed by atoms with Crippen molar-refractivity contribution in [2.24, 2.45) is 0 Å². The lowest BCUT2D eigenvalue weighted by molar-refractivity contribution is 0.00376. The van der Waals surface area contributed by atoms with E-state index in [1.807, 2.05) is 0 Å². The normalized spacial score (nSPS) is 32.4. The summed E-state index contributed by atoms with van der Waals surface area (Å²) >= 11 is 0. The second-order valence-corrected chi connectivity index (χ2v) is 3.28. The maximum absolute atomic E-state index is 5.24. The maximum Gasteiger partial charge on any atom is 0.0724 e. The molecule has 1 saturated carbocycles. The van der Waals surface area contributed by atoms with E-state index >= 15 is 0 Å². The molecule has 0 unspecified atom stereocenters. The highest BCUT2D eigenvalue weighted by Gasteiger charge is 2.30. The van der Waals surface area contributed by atoms with Crippen LogP contribution in [0.3, 0.4) is 0 Å². The van der Waals surface area contributed by atoms with Gasteiger partial charge >= 0.3 is 0 Å². The Kier molecular flexibility index (Phi) is 2.69. The van der Waals surface area contributed by atoms with Crippen LogP contribution < -0.4 is 5.32 Å². The minimum Gasteiger partial charge on any atom is -0.380 e. The highest BCUT2D eigenvalue weighted by Crippen LogP contribution is 2.22. The molecule has 1 N–H and O–H groups in total. The van der Waals surface area contributed by atoms with Crippen LogP contribution in [0.4, 0.5) is 0 Å². The molecule has 60 valence electrons. The Bertz CT molecular complexity index is 101. The molecule has 0 spiro atoms. The highest BCUT2D eigenvalue weighted by molar-refractivity contribution is 4.88. The molecule has 2 nitrogen and oxygen atoms in total. The Balaban J connectivity index is 2.16. The molecule has 0 aliphatic heterocycles. The third-order valence-electron chi connectivity index (χ3n) is 2.06. The first-order valence-electron chi connectivity index (χ1n) is 4.03. The number of hydrogen-bond donors (Lipinski definition) is 1. The van der Waals surface area contributed by atoms with Crippen molar-refractivity contribution in [3.05, 3.63) is 0 Å². The monoisotopic (exact) mass is 143 g/mol. The van der Waals surface area contributed by atoms with Crippen molar-refractivity contribution in [2.45, 2.75) is 44.9 Å². The van der Waals surface area contributed by atoms with Crippen molar-refractivity contribution in [3.8, 4) is 0 Å². The Morgan fingerprint density at radius 1 is 1.40 bits per heavy atom. The first-order chi connectivity index (χ1) is 4.74. The molecule has 0 aromatic rings. The zero-order valence-electron chi connectivity index (χ0n) is 7.05. The number of methoxy groups -OCH3 is 1. The summed E-state index contributed by atoms with van der Waals surface area (Å²) < 4.78 is 5.24. The third-order valence-corrected chi connectivity index (χ3v) is 2.06. The summed E-state index contributed by atoms with van der Waals surface area (Å²) in [6, 6.07) is 1.20. The van der Waals surface area contributed by atoms with E-state index in [9.17, 15) is 0 Å². The van der Waals surface area contributed by atoms with Crippen LogP contribution >= 0.6 is 0 Å². The van der Waals surface area contributed by atoms with Crippen LogP contribution in [0.5, 0.6) is 0 Å². The molecular formula is C8H17NO. The highest BCUT2D eigenvalue weighted by atomic mass is 16.5. The van der Waals surface area contributed by atoms with Crippen LogP contribution in [-0.2, 0) is 4.74 Å². The Morgan fingerprint density at radius 3 is 2.40 bits per heavy atom. The van der Waals surface area contributed by atoms with Gasteiger partial charge < -0.3 is 10.1 Å². The summed E-state index contributed by atoms with van der Waals surface area (Å²) in [4.78, 5) is 0. The van der Waals surface area contributed by atoms with Gasteiger partial charge in [-0.25, -0.2) is 0 Å². The molecule has 0 bridgehead atoms. The van der Waals surface area contributed by atoms with E-state index in [-0.39, 0.29) is 0 Å². The first kappa shape index (κ1) is 8.02. The van der Waals surface area contributed by atoms with Gasteiger partial charge in [-0.1, -0.05) is 13.8 Å². The lowest BCUT2D eigenvalue weighted by atomic mass is 9.88. The zero-order valence-corrected chi connectivity index (χ0v) is 7.05. The lowest BCUT2D eigenvalue weighted by Crippen LogP contribution is -2.51. The summed E-state index contributed by atoms with van der Waals surface area (Å²) in [5, 5.41) is 3.46. The standard InChI is InChI=1S/C8H17NO/c1-6(2)9-7-4-5-8(7)10-3/h6-9H,4-5H2,1-3H3/t7-,8-/m0/s1. The summed E-state index contributed by atoms with van der Waals surface area (Å²) in [6.45, 7) is 4.34. The maximum atomic E-state index is 5.24. The fourth-order valence-corrected chi connectivity index (χ4v) is 1.37. The minimum absolute atomic E-state index is 0.474. The van der Waals surface area contributed by atoms with Crippen molar-refractivity contribution in [3.63, 3.8) is 0 Å². The zero-order chi connectivity index (χ0) is 7.56. The van der Waals surface area contributed by atoms with Crippen LogP contribution in [0.2, 0.25) is 0 Å². The van der Waals surface area contributed by atoms with Crippen molar-refractivity contribution < 1.29 is 4.74 Å². The molecule has 0 aromatic heterocycles. The molecule has 1 fully saturated rings. The largest absolute Gasteiger partial charge is 0.380 e. The molecule has 2 atom stereocenters. The number of ether oxygens (including phenoxy) is 1. The molecular weight excluding hydrogens is 126 g/mol. The smallest absolute Gasteiger partial charge is 0.0724 e. The molecule has 0 amide bonds. The topological polar surface area (TPSA) is 21.3 Å². The molecule has 2 heteroatoms. The number of nitrogens with one attached hydrogen (secondary N) is 1. The van der Waals surface area contributed by atoms with Gasteiger partial charge in [-0.15, -0.1) is 0 Å². The summed E-state index contributed by atoms with van der Waals surface area (Å²) in [6.07, 6.45) is 2.97. The van der Waals surface area contributed by atoms with E-state index in [1.54, 1.807) is 7.11 Å². The third kappa shape index (κ3) is 1.70. The molecule has 0 radical (unpaired) electrons. The van der Waals surface area contributed by atoms with Crippen molar-refractivity contribution >= 4 is 0 Å². The molecule has 0 heterocycles.